The van der Waals surface area contributed by atoms with Crippen molar-refractivity contribution in [2.24, 2.45) is 11.8 Å². The van der Waals surface area contributed by atoms with Gasteiger partial charge < -0.3 is 5.32 Å². The van der Waals surface area contributed by atoms with Gasteiger partial charge in [-0.15, -0.1) is 11.3 Å². The SMILES string of the molecule is CNCC1CCC(C)CC1c1cccs1. The molecule has 1 aliphatic carbocycles. The second-order valence-electron chi connectivity index (χ2n) is 4.86. The highest BCUT2D eigenvalue weighted by Crippen LogP contribution is 2.41. The monoisotopic (exact) mass is 223 g/mol. The van der Waals surface area contributed by atoms with Crippen LogP contribution in [-0.2, 0) is 0 Å². The number of thiophene rings is 1. The second-order valence-corrected chi connectivity index (χ2v) is 5.84. The average molecular weight is 223 g/mol. The molecule has 0 spiro atoms. The molecule has 1 nitrogen and oxygen atoms in total. The first-order valence-corrected chi connectivity index (χ1v) is 6.87. The van der Waals surface area contributed by atoms with Gasteiger partial charge in [-0.25, -0.2) is 0 Å². The zero-order valence-electron chi connectivity index (χ0n) is 9.70. The first-order chi connectivity index (χ1) is 7.31. The van der Waals surface area contributed by atoms with Crippen LogP contribution in [0.1, 0.15) is 37.0 Å². The van der Waals surface area contributed by atoms with Crippen molar-refractivity contribution < 1.29 is 0 Å². The highest BCUT2D eigenvalue weighted by atomic mass is 32.1. The maximum atomic E-state index is 3.35. The minimum atomic E-state index is 0.807. The molecule has 1 aromatic heterocycles. The lowest BCUT2D eigenvalue weighted by Gasteiger charge is -2.34. The van der Waals surface area contributed by atoms with Crippen LogP contribution in [0.2, 0.25) is 0 Å². The normalized spacial score (nSPS) is 31.7. The van der Waals surface area contributed by atoms with Crippen molar-refractivity contribution >= 4 is 11.3 Å². The summed E-state index contributed by atoms with van der Waals surface area (Å²) in [6.07, 6.45) is 4.19. The van der Waals surface area contributed by atoms with Crippen molar-refractivity contribution in [3.8, 4) is 0 Å². The molecule has 3 atom stereocenters. The van der Waals surface area contributed by atoms with Gasteiger partial charge in [-0.1, -0.05) is 19.4 Å². The van der Waals surface area contributed by atoms with Gasteiger partial charge in [0.1, 0.15) is 0 Å². The summed E-state index contributed by atoms with van der Waals surface area (Å²) in [5.74, 6) is 2.57. The third-order valence-corrected chi connectivity index (χ3v) is 4.63. The van der Waals surface area contributed by atoms with Crippen molar-refractivity contribution in [1.29, 1.82) is 0 Å². The molecule has 0 aliphatic heterocycles. The average Bonchev–Trinajstić information content (AvgIpc) is 2.74. The molecule has 1 N–H and O–H groups in total. The fourth-order valence-corrected chi connectivity index (χ4v) is 3.74. The summed E-state index contributed by atoms with van der Waals surface area (Å²) in [5.41, 5.74) is 0. The Labute approximate surface area is 96.9 Å². The van der Waals surface area contributed by atoms with Crippen LogP contribution in [0.5, 0.6) is 0 Å². The highest BCUT2D eigenvalue weighted by Gasteiger charge is 2.29. The van der Waals surface area contributed by atoms with E-state index in [9.17, 15) is 0 Å². The predicted molar refractivity (Wildman–Crippen MR) is 67.5 cm³/mol. The van der Waals surface area contributed by atoms with Crippen molar-refractivity contribution in [3.05, 3.63) is 22.4 Å². The largest absolute Gasteiger partial charge is 0.319 e. The van der Waals surface area contributed by atoms with Gasteiger partial charge in [0, 0.05) is 4.88 Å². The quantitative estimate of drug-likeness (QED) is 0.827. The number of nitrogens with one attached hydrogen (secondary N) is 1. The van der Waals surface area contributed by atoms with Gasteiger partial charge in [-0.05, 0) is 55.6 Å². The van der Waals surface area contributed by atoms with Crippen LogP contribution >= 0.6 is 11.3 Å². The molecule has 1 heterocycles. The van der Waals surface area contributed by atoms with E-state index < -0.39 is 0 Å². The number of rotatable bonds is 3. The molecule has 2 heteroatoms. The lowest BCUT2D eigenvalue weighted by molar-refractivity contribution is 0.247. The van der Waals surface area contributed by atoms with Crippen LogP contribution in [0.4, 0.5) is 0 Å². The molecule has 3 unspecified atom stereocenters. The Morgan fingerprint density at radius 2 is 2.33 bits per heavy atom. The van der Waals surface area contributed by atoms with E-state index >= 15 is 0 Å². The molecule has 0 aromatic carbocycles. The third-order valence-electron chi connectivity index (χ3n) is 3.63. The lowest BCUT2D eigenvalue weighted by atomic mass is 9.74. The van der Waals surface area contributed by atoms with Crippen molar-refractivity contribution in [3.63, 3.8) is 0 Å². The standard InChI is InChI=1S/C13H21NS/c1-10-5-6-11(9-14-2)12(8-10)13-4-3-7-15-13/h3-4,7,10-12,14H,5-6,8-9H2,1-2H3. The zero-order valence-corrected chi connectivity index (χ0v) is 10.5. The van der Waals surface area contributed by atoms with Gasteiger partial charge in [0.2, 0.25) is 0 Å². The molecule has 1 aromatic rings. The van der Waals surface area contributed by atoms with E-state index in [2.05, 4.69) is 36.8 Å². The summed E-state index contributed by atoms with van der Waals surface area (Å²) >= 11 is 1.93. The fourth-order valence-electron chi connectivity index (χ4n) is 2.80. The Hall–Kier alpha value is -0.340. The van der Waals surface area contributed by atoms with Gasteiger partial charge in [-0.3, -0.25) is 0 Å². The molecule has 0 saturated heterocycles. The second kappa shape index (κ2) is 5.13. The van der Waals surface area contributed by atoms with E-state index in [-0.39, 0.29) is 0 Å². The number of hydrogen-bond acceptors (Lipinski definition) is 2. The minimum Gasteiger partial charge on any atom is -0.319 e. The summed E-state index contributed by atoms with van der Waals surface area (Å²) in [4.78, 5) is 1.60. The van der Waals surface area contributed by atoms with Crippen LogP contribution in [-0.4, -0.2) is 13.6 Å². The molecule has 0 radical (unpaired) electrons. The Kier molecular flexibility index (Phi) is 3.81. The lowest BCUT2D eigenvalue weighted by Crippen LogP contribution is -2.29. The molecule has 1 fully saturated rings. The molecule has 15 heavy (non-hydrogen) atoms. The van der Waals surface area contributed by atoms with E-state index in [4.69, 9.17) is 0 Å². The first kappa shape index (κ1) is 11.2. The Morgan fingerprint density at radius 1 is 1.47 bits per heavy atom. The van der Waals surface area contributed by atoms with Crippen LogP contribution in [0.15, 0.2) is 17.5 Å². The van der Waals surface area contributed by atoms with Crippen molar-refractivity contribution in [2.75, 3.05) is 13.6 Å². The van der Waals surface area contributed by atoms with Crippen molar-refractivity contribution in [1.82, 2.24) is 5.32 Å². The highest BCUT2D eigenvalue weighted by molar-refractivity contribution is 7.10. The zero-order chi connectivity index (χ0) is 10.7. The molecule has 84 valence electrons. The third kappa shape index (κ3) is 2.61. The smallest absolute Gasteiger partial charge is 0.00795 e. The van der Waals surface area contributed by atoms with Crippen LogP contribution in [0.3, 0.4) is 0 Å². The van der Waals surface area contributed by atoms with Gasteiger partial charge >= 0.3 is 0 Å². The number of hydrogen-bond donors (Lipinski definition) is 1. The summed E-state index contributed by atoms with van der Waals surface area (Å²) in [5, 5.41) is 5.56. The van der Waals surface area contributed by atoms with E-state index in [1.807, 2.05) is 11.3 Å². The Bertz CT molecular complexity index is 281. The summed E-state index contributed by atoms with van der Waals surface area (Å²) < 4.78 is 0. The fraction of sp³-hybridized carbons (Fsp3) is 0.692. The summed E-state index contributed by atoms with van der Waals surface area (Å²) in [6.45, 7) is 3.57. The molecule has 2 rings (SSSR count). The summed E-state index contributed by atoms with van der Waals surface area (Å²) in [6, 6.07) is 4.51. The van der Waals surface area contributed by atoms with Crippen LogP contribution < -0.4 is 5.32 Å². The molecule has 1 saturated carbocycles. The molecular formula is C13H21NS. The van der Waals surface area contributed by atoms with Gasteiger partial charge in [0.25, 0.3) is 0 Å². The van der Waals surface area contributed by atoms with Gasteiger partial charge in [-0.2, -0.15) is 0 Å². The Balaban J connectivity index is 2.09. The van der Waals surface area contributed by atoms with Crippen LogP contribution in [0, 0.1) is 11.8 Å². The predicted octanol–water partition coefficient (Wildman–Crippen LogP) is 3.49. The maximum Gasteiger partial charge on any atom is 0.00795 e. The van der Waals surface area contributed by atoms with Gasteiger partial charge in [0.15, 0.2) is 0 Å². The molecule has 1 aliphatic rings. The summed E-state index contributed by atoms with van der Waals surface area (Å²) in [7, 11) is 2.07. The Morgan fingerprint density at radius 3 is 3.00 bits per heavy atom. The van der Waals surface area contributed by atoms with E-state index in [0.29, 0.717) is 0 Å². The van der Waals surface area contributed by atoms with E-state index in [1.165, 1.54) is 25.8 Å². The maximum absolute atomic E-state index is 3.35. The molecular weight excluding hydrogens is 202 g/mol. The topological polar surface area (TPSA) is 12.0 Å². The first-order valence-electron chi connectivity index (χ1n) is 5.99. The van der Waals surface area contributed by atoms with E-state index in [0.717, 1.165) is 17.8 Å². The molecule has 0 amide bonds. The van der Waals surface area contributed by atoms with Crippen LogP contribution in [0.25, 0.3) is 0 Å². The van der Waals surface area contributed by atoms with Crippen molar-refractivity contribution in [2.45, 2.75) is 32.1 Å². The molecule has 0 bridgehead atoms. The van der Waals surface area contributed by atoms with E-state index in [1.54, 1.807) is 4.88 Å². The van der Waals surface area contributed by atoms with Gasteiger partial charge in [0.05, 0.1) is 0 Å². The minimum absolute atomic E-state index is 0.807.